The largest absolute Gasteiger partial charge is 0.370 e. The molecule has 86 valence electrons. The molecule has 0 bridgehead atoms. The number of nitrogens with zero attached hydrogens (tertiary/aromatic N) is 1. The van der Waals surface area contributed by atoms with Gasteiger partial charge < -0.3 is 16.4 Å². The lowest BCUT2D eigenvalue weighted by atomic mass is 10.1. The highest BCUT2D eigenvalue weighted by molar-refractivity contribution is 5.84. The first-order valence-electron chi connectivity index (χ1n) is 5.24. The normalized spacial score (nSPS) is 17.4. The van der Waals surface area contributed by atoms with Crippen molar-refractivity contribution in [1.82, 2.24) is 10.6 Å². The van der Waals surface area contributed by atoms with Crippen LogP contribution >= 0.6 is 0 Å². The van der Waals surface area contributed by atoms with E-state index in [1.165, 1.54) is 0 Å². The molecule has 0 spiro atoms. The maximum absolute atomic E-state index is 11.4. The van der Waals surface area contributed by atoms with E-state index in [0.717, 1.165) is 12.8 Å². The molecule has 15 heavy (non-hydrogen) atoms. The second-order valence-electron chi connectivity index (χ2n) is 4.92. The van der Waals surface area contributed by atoms with E-state index in [1.807, 2.05) is 20.8 Å². The van der Waals surface area contributed by atoms with Gasteiger partial charge >= 0.3 is 0 Å². The third-order valence-corrected chi connectivity index (χ3v) is 1.84. The third kappa shape index (κ3) is 5.93. The molecule has 0 heterocycles. The number of carbonyl (C=O) groups is 1. The Labute approximate surface area is 90.5 Å². The summed E-state index contributed by atoms with van der Waals surface area (Å²) in [6.45, 7) is 5.88. The van der Waals surface area contributed by atoms with E-state index in [4.69, 9.17) is 5.73 Å². The number of nitrogens with one attached hydrogen (secondary N) is 2. The van der Waals surface area contributed by atoms with E-state index in [1.54, 1.807) is 0 Å². The van der Waals surface area contributed by atoms with Gasteiger partial charge in [0.15, 0.2) is 5.96 Å². The highest BCUT2D eigenvalue weighted by Crippen LogP contribution is 2.17. The Hall–Kier alpha value is -1.26. The molecule has 1 aliphatic carbocycles. The minimum atomic E-state index is -0.217. The zero-order valence-corrected chi connectivity index (χ0v) is 9.63. The van der Waals surface area contributed by atoms with Gasteiger partial charge in [0.2, 0.25) is 5.91 Å². The molecule has 1 rings (SSSR count). The summed E-state index contributed by atoms with van der Waals surface area (Å²) < 4.78 is 0. The SMILES string of the molecule is CC(C)(C)NC(=O)CN=C(N)NC1CC1. The van der Waals surface area contributed by atoms with Crippen LogP contribution in [0.15, 0.2) is 4.99 Å². The van der Waals surface area contributed by atoms with Gasteiger partial charge in [0, 0.05) is 11.6 Å². The lowest BCUT2D eigenvalue weighted by Gasteiger charge is -2.19. The van der Waals surface area contributed by atoms with Crippen molar-refractivity contribution in [3.63, 3.8) is 0 Å². The summed E-state index contributed by atoms with van der Waals surface area (Å²) >= 11 is 0. The summed E-state index contributed by atoms with van der Waals surface area (Å²) in [5.41, 5.74) is 5.37. The third-order valence-electron chi connectivity index (χ3n) is 1.84. The molecule has 1 amide bonds. The van der Waals surface area contributed by atoms with Crippen molar-refractivity contribution in [1.29, 1.82) is 0 Å². The lowest BCUT2D eigenvalue weighted by molar-refractivity contribution is -0.121. The van der Waals surface area contributed by atoms with Crippen LogP contribution in [0.5, 0.6) is 0 Å². The maximum atomic E-state index is 11.4. The molecule has 5 heteroatoms. The summed E-state index contributed by atoms with van der Waals surface area (Å²) in [6, 6.07) is 0.472. The number of hydrogen-bond acceptors (Lipinski definition) is 2. The standard InChI is InChI=1S/C10H20N4O/c1-10(2,3)14-8(15)6-12-9(11)13-7-4-5-7/h7H,4-6H2,1-3H3,(H,14,15)(H3,11,12,13). The highest BCUT2D eigenvalue weighted by atomic mass is 16.2. The van der Waals surface area contributed by atoms with Crippen LogP contribution in [0.1, 0.15) is 33.6 Å². The second-order valence-corrected chi connectivity index (χ2v) is 4.92. The molecule has 5 nitrogen and oxygen atoms in total. The number of hydrogen-bond donors (Lipinski definition) is 3. The van der Waals surface area contributed by atoms with Crippen LogP contribution in [0, 0.1) is 0 Å². The van der Waals surface area contributed by atoms with Gasteiger partial charge in [-0.3, -0.25) is 4.79 Å². The first-order valence-corrected chi connectivity index (χ1v) is 5.24. The van der Waals surface area contributed by atoms with E-state index in [9.17, 15) is 4.79 Å². The lowest BCUT2D eigenvalue weighted by Crippen LogP contribution is -2.42. The molecule has 1 saturated carbocycles. The van der Waals surface area contributed by atoms with Crippen LogP contribution in [-0.2, 0) is 4.79 Å². The van der Waals surface area contributed by atoms with Gasteiger partial charge in [-0.05, 0) is 33.6 Å². The van der Waals surface area contributed by atoms with Crippen molar-refractivity contribution in [2.24, 2.45) is 10.7 Å². The Morgan fingerprint density at radius 2 is 2.07 bits per heavy atom. The van der Waals surface area contributed by atoms with Crippen LogP contribution in [0.2, 0.25) is 0 Å². The van der Waals surface area contributed by atoms with Crippen LogP contribution in [-0.4, -0.2) is 30.0 Å². The quantitative estimate of drug-likeness (QED) is 0.454. The molecule has 0 aromatic carbocycles. The van der Waals surface area contributed by atoms with Crippen LogP contribution in [0.25, 0.3) is 0 Å². The van der Waals surface area contributed by atoms with E-state index >= 15 is 0 Å². The molecule has 0 aromatic rings. The van der Waals surface area contributed by atoms with Gasteiger partial charge in [-0.1, -0.05) is 0 Å². The summed E-state index contributed by atoms with van der Waals surface area (Å²) in [7, 11) is 0. The van der Waals surface area contributed by atoms with E-state index in [2.05, 4.69) is 15.6 Å². The van der Waals surface area contributed by atoms with Crippen molar-refractivity contribution in [2.45, 2.75) is 45.2 Å². The Morgan fingerprint density at radius 1 is 1.47 bits per heavy atom. The summed E-state index contributed by atoms with van der Waals surface area (Å²) in [4.78, 5) is 15.3. The van der Waals surface area contributed by atoms with Crippen molar-refractivity contribution < 1.29 is 4.79 Å². The van der Waals surface area contributed by atoms with Crippen molar-refractivity contribution in [3.05, 3.63) is 0 Å². The number of carbonyl (C=O) groups excluding carboxylic acids is 1. The molecule has 0 atom stereocenters. The molecule has 0 radical (unpaired) electrons. The van der Waals surface area contributed by atoms with Gasteiger partial charge in [0.25, 0.3) is 0 Å². The first kappa shape index (κ1) is 11.8. The molecule has 0 aromatic heterocycles. The Bertz CT molecular complexity index is 263. The second kappa shape index (κ2) is 4.51. The molecule has 0 aliphatic heterocycles. The zero-order valence-electron chi connectivity index (χ0n) is 9.63. The fraction of sp³-hybridized carbons (Fsp3) is 0.800. The zero-order chi connectivity index (χ0) is 11.5. The topological polar surface area (TPSA) is 79.5 Å². The Morgan fingerprint density at radius 3 is 2.53 bits per heavy atom. The molecular formula is C10H20N4O. The van der Waals surface area contributed by atoms with Gasteiger partial charge in [0.05, 0.1) is 0 Å². The minimum Gasteiger partial charge on any atom is -0.370 e. The number of guanidine groups is 1. The summed E-state index contributed by atoms with van der Waals surface area (Å²) in [5.74, 6) is 0.254. The van der Waals surface area contributed by atoms with Gasteiger partial charge in [-0.2, -0.15) is 0 Å². The number of amides is 1. The first-order chi connectivity index (χ1) is 6.87. The fourth-order valence-corrected chi connectivity index (χ4v) is 1.10. The molecule has 1 fully saturated rings. The number of aliphatic imine (C=N–C) groups is 1. The predicted octanol–water partition coefficient (Wildman–Crippen LogP) is -0.0322. The summed E-state index contributed by atoms with van der Waals surface area (Å²) in [5, 5.41) is 5.83. The average Bonchev–Trinajstić information content (AvgIpc) is 2.81. The van der Waals surface area contributed by atoms with Crippen LogP contribution in [0.3, 0.4) is 0 Å². The number of rotatable bonds is 3. The molecule has 0 saturated heterocycles. The summed E-state index contributed by atoms with van der Waals surface area (Å²) in [6.07, 6.45) is 2.29. The van der Waals surface area contributed by atoms with Crippen LogP contribution < -0.4 is 16.4 Å². The average molecular weight is 212 g/mol. The molecule has 4 N–H and O–H groups in total. The monoisotopic (exact) mass is 212 g/mol. The van der Waals surface area contributed by atoms with Crippen molar-refractivity contribution in [2.75, 3.05) is 6.54 Å². The highest BCUT2D eigenvalue weighted by Gasteiger charge is 2.21. The Kier molecular flexibility index (Phi) is 3.55. The van der Waals surface area contributed by atoms with E-state index in [0.29, 0.717) is 12.0 Å². The van der Waals surface area contributed by atoms with Crippen molar-refractivity contribution in [3.8, 4) is 0 Å². The Balaban J connectivity index is 2.25. The fourth-order valence-electron chi connectivity index (χ4n) is 1.10. The molecule has 1 aliphatic rings. The predicted molar refractivity (Wildman–Crippen MR) is 60.5 cm³/mol. The van der Waals surface area contributed by atoms with Gasteiger partial charge in [-0.15, -0.1) is 0 Å². The van der Waals surface area contributed by atoms with E-state index in [-0.39, 0.29) is 18.0 Å². The number of nitrogens with two attached hydrogens (primary N) is 1. The maximum Gasteiger partial charge on any atom is 0.242 e. The van der Waals surface area contributed by atoms with Gasteiger partial charge in [0.1, 0.15) is 6.54 Å². The van der Waals surface area contributed by atoms with Crippen LogP contribution in [0.4, 0.5) is 0 Å². The minimum absolute atomic E-state index is 0.0861. The van der Waals surface area contributed by atoms with Crippen molar-refractivity contribution >= 4 is 11.9 Å². The molecular weight excluding hydrogens is 192 g/mol. The smallest absolute Gasteiger partial charge is 0.242 e. The van der Waals surface area contributed by atoms with E-state index < -0.39 is 0 Å². The molecule has 0 unspecified atom stereocenters. The van der Waals surface area contributed by atoms with Gasteiger partial charge in [-0.25, -0.2) is 4.99 Å².